The highest BCUT2D eigenvalue weighted by Crippen LogP contribution is 2.59. The summed E-state index contributed by atoms with van der Waals surface area (Å²) in [7, 11) is 0. The first-order valence-electron chi connectivity index (χ1n) is 20.8. The van der Waals surface area contributed by atoms with E-state index in [0.29, 0.717) is 5.56 Å². The zero-order valence-corrected chi connectivity index (χ0v) is 36.7. The lowest BCUT2D eigenvalue weighted by Gasteiger charge is -2.64. The second kappa shape index (κ2) is 18.7. The van der Waals surface area contributed by atoms with E-state index in [1.165, 1.54) is 26.0 Å². The number of aliphatic hydroxyl groups excluding tert-OH is 2. The molecule has 1 saturated carbocycles. The van der Waals surface area contributed by atoms with E-state index >= 15 is 4.79 Å². The molecule has 1 saturated heterocycles. The van der Waals surface area contributed by atoms with Gasteiger partial charge in [-0.05, 0) is 76.3 Å². The van der Waals surface area contributed by atoms with Gasteiger partial charge >= 0.3 is 30.0 Å². The smallest absolute Gasteiger partial charge is 0.408 e. The Labute approximate surface area is 361 Å². The Balaban J connectivity index is 1.72. The molecule has 16 nitrogen and oxygen atoms in total. The molecule has 2 aliphatic carbocycles. The third-order valence-electron chi connectivity index (χ3n) is 12.3. The maximum Gasteiger partial charge on any atom is 0.408 e. The predicted molar refractivity (Wildman–Crippen MR) is 220 cm³/mol. The number of carbonyl (C=O) groups is 6. The van der Waals surface area contributed by atoms with Gasteiger partial charge in [-0.1, -0.05) is 62.4 Å². The summed E-state index contributed by atoms with van der Waals surface area (Å²) in [4.78, 5) is 82.8. The van der Waals surface area contributed by atoms with Crippen molar-refractivity contribution in [1.29, 1.82) is 0 Å². The van der Waals surface area contributed by atoms with Crippen LogP contribution in [0.1, 0.15) is 110 Å². The first kappa shape index (κ1) is 47.9. The fourth-order valence-electron chi connectivity index (χ4n) is 9.13. The summed E-state index contributed by atoms with van der Waals surface area (Å²) < 4.78 is 35.5. The molecule has 338 valence electrons. The number of carbonyl (C=O) groups excluding carboxylic acids is 6. The van der Waals surface area contributed by atoms with Crippen molar-refractivity contribution in [2.75, 3.05) is 6.61 Å². The topological polar surface area (TPSA) is 231 Å². The fourth-order valence-corrected chi connectivity index (χ4v) is 9.13. The summed E-state index contributed by atoms with van der Waals surface area (Å²) in [6.45, 7) is 12.9. The Morgan fingerprint density at radius 1 is 0.935 bits per heavy atom. The van der Waals surface area contributed by atoms with Crippen LogP contribution >= 0.6 is 0 Å². The third kappa shape index (κ3) is 9.58. The van der Waals surface area contributed by atoms with Gasteiger partial charge in [-0.2, -0.15) is 0 Å². The molecule has 0 bridgehead atoms. The van der Waals surface area contributed by atoms with E-state index in [-0.39, 0.29) is 42.6 Å². The molecule has 1 heterocycles. The Morgan fingerprint density at radius 2 is 1.55 bits per heavy atom. The van der Waals surface area contributed by atoms with Crippen LogP contribution in [0.15, 0.2) is 71.8 Å². The van der Waals surface area contributed by atoms with Crippen molar-refractivity contribution in [3.05, 3.63) is 82.9 Å². The van der Waals surface area contributed by atoms with Crippen molar-refractivity contribution in [3.8, 4) is 0 Å². The van der Waals surface area contributed by atoms with Crippen molar-refractivity contribution in [2.24, 2.45) is 11.3 Å². The highest BCUT2D eigenvalue weighted by molar-refractivity contribution is 5.93. The number of ether oxygens (including phenoxy) is 6. The minimum absolute atomic E-state index is 0.0155. The van der Waals surface area contributed by atoms with Gasteiger partial charge in [0.25, 0.3) is 0 Å². The molecule has 1 aliphatic heterocycles. The van der Waals surface area contributed by atoms with Crippen LogP contribution in [0.25, 0.3) is 0 Å². The van der Waals surface area contributed by atoms with Crippen LogP contribution in [-0.4, -0.2) is 111 Å². The van der Waals surface area contributed by atoms with E-state index < -0.39 is 113 Å². The first-order chi connectivity index (χ1) is 29.0. The molecule has 0 spiro atoms. The van der Waals surface area contributed by atoms with Gasteiger partial charge in [0, 0.05) is 26.7 Å². The number of ketones is 1. The summed E-state index contributed by atoms with van der Waals surface area (Å²) in [5.74, 6) is -6.31. The van der Waals surface area contributed by atoms with Crippen LogP contribution in [0.2, 0.25) is 0 Å². The monoisotopic (exact) mass is 865 g/mol. The van der Waals surface area contributed by atoms with Crippen LogP contribution in [-0.2, 0) is 47.6 Å². The van der Waals surface area contributed by atoms with Crippen molar-refractivity contribution in [3.63, 3.8) is 0 Å². The molecule has 16 heteroatoms. The zero-order chi connectivity index (χ0) is 45.9. The Kier molecular flexibility index (Phi) is 14.4. The Morgan fingerprint density at radius 3 is 2.06 bits per heavy atom. The molecule has 2 aromatic rings. The summed E-state index contributed by atoms with van der Waals surface area (Å²) >= 11 is 0. The number of amides is 1. The average molecular weight is 866 g/mol. The summed E-state index contributed by atoms with van der Waals surface area (Å²) in [6, 6.07) is 14.6. The summed E-state index contributed by atoms with van der Waals surface area (Å²) in [5, 5.41) is 39.9. The fraction of sp³-hybridized carbons (Fsp3) is 0.565. The summed E-state index contributed by atoms with van der Waals surface area (Å²) in [6.07, 6.45) is -11.7. The first-order valence-corrected chi connectivity index (χ1v) is 20.8. The lowest BCUT2D eigenvalue weighted by Crippen LogP contribution is -2.79. The second-order valence-corrected chi connectivity index (χ2v) is 17.5. The second-order valence-electron chi connectivity index (χ2n) is 17.5. The number of alkyl carbamates (subject to hydrolysis) is 1. The van der Waals surface area contributed by atoms with Crippen LogP contribution < -0.4 is 5.32 Å². The molecule has 11 atom stereocenters. The van der Waals surface area contributed by atoms with E-state index in [0.717, 1.165) is 13.8 Å². The van der Waals surface area contributed by atoms with E-state index in [2.05, 4.69) is 5.32 Å². The van der Waals surface area contributed by atoms with Gasteiger partial charge in [-0.3, -0.25) is 14.4 Å². The maximum absolute atomic E-state index is 15.1. The van der Waals surface area contributed by atoms with Crippen molar-refractivity contribution < 1.29 is 72.5 Å². The lowest BCUT2D eigenvalue weighted by atomic mass is 9.50. The van der Waals surface area contributed by atoms with Crippen LogP contribution in [0.3, 0.4) is 0 Å². The lowest BCUT2D eigenvalue weighted by molar-refractivity contribution is -0.339. The van der Waals surface area contributed by atoms with E-state index in [1.807, 2.05) is 0 Å². The van der Waals surface area contributed by atoms with Crippen LogP contribution in [0.4, 0.5) is 4.79 Å². The molecule has 0 radical (unpaired) electrons. The van der Waals surface area contributed by atoms with E-state index in [1.54, 1.807) is 83.1 Å². The summed E-state index contributed by atoms with van der Waals surface area (Å²) in [5.41, 5.74) is -6.42. The minimum atomic E-state index is -2.27. The van der Waals surface area contributed by atoms with Gasteiger partial charge in [0.1, 0.15) is 41.7 Å². The number of nitrogens with one attached hydrogen (secondary N) is 1. The number of hydrogen-bond donors (Lipinski definition) is 4. The minimum Gasteiger partial charge on any atom is -0.455 e. The van der Waals surface area contributed by atoms with Gasteiger partial charge in [0.2, 0.25) is 6.10 Å². The molecule has 5 rings (SSSR count). The number of rotatable bonds is 11. The van der Waals surface area contributed by atoms with Crippen molar-refractivity contribution >= 4 is 35.8 Å². The van der Waals surface area contributed by atoms with Gasteiger partial charge < -0.3 is 49.1 Å². The molecule has 1 amide bonds. The van der Waals surface area contributed by atoms with E-state index in [4.69, 9.17) is 28.4 Å². The Hall–Kier alpha value is -5.16. The zero-order valence-electron chi connectivity index (χ0n) is 36.7. The number of aliphatic hydroxyl groups is 3. The largest absolute Gasteiger partial charge is 0.455 e. The van der Waals surface area contributed by atoms with Crippen LogP contribution in [0, 0.1) is 11.3 Å². The molecule has 2 fully saturated rings. The van der Waals surface area contributed by atoms with E-state index in [9.17, 15) is 39.3 Å². The maximum atomic E-state index is 15.1. The van der Waals surface area contributed by atoms with Gasteiger partial charge in [0.05, 0.1) is 29.6 Å². The molecular weight excluding hydrogens is 806 g/mol. The molecule has 0 aromatic heterocycles. The average Bonchev–Trinajstić information content (AvgIpc) is 3.21. The van der Waals surface area contributed by atoms with Crippen molar-refractivity contribution in [1.82, 2.24) is 5.32 Å². The molecule has 3 aliphatic rings. The van der Waals surface area contributed by atoms with Gasteiger partial charge in [0.15, 0.2) is 11.4 Å². The molecule has 4 N–H and O–H groups in total. The molecule has 62 heavy (non-hydrogen) atoms. The number of fused-ring (bicyclic) bond motifs is 3. The molecular formula is C46H59NO15. The van der Waals surface area contributed by atoms with Crippen LogP contribution in [0.5, 0.6) is 0 Å². The number of Topliss-reactive ketones (excluding diaryl/α,β-unsaturated/α-hetero) is 1. The number of hydrogen-bond acceptors (Lipinski definition) is 15. The SMILES string of the molecule is CC/C1=C(/C)[C@@H](OC(=O)[C@H](OC(C)=O)[C@@H](NC(=O)OC(C)(C)C)c2ccccc2)C[C@](O)(CC)[C@@H](OC(=O)c2ccccc2)[C@@H]2[C@]3(OC(C)=O)CO[C@@H]3C[C@H](O)[C@@]2(C)C(=O)[C@@H]1O. The molecule has 2 aromatic carbocycles. The standard InChI is InChI=1S/C46H59NO15/c1-10-30-25(3)31(59-41(54)36(58-26(4)48)34(28-18-14-12-15-19-28)47-42(55)62-43(6,7)8)23-45(56,11-2)39(60-40(53)29-20-16-13-17-21-29)37-44(9,38(52)35(30)51)32(50)22-33-46(37,24-57-33)61-27(5)49/h12-21,31-37,39,50-51,56H,10-11,22-24H2,1-9H3,(H,47,55)/b30-25+/t31-,32-,33+,34-,35+,36+,37-,39-,44+,45+,46-/m0/s1. The highest BCUT2D eigenvalue weighted by atomic mass is 16.6. The highest BCUT2D eigenvalue weighted by Gasteiger charge is 2.74. The van der Waals surface area contributed by atoms with Gasteiger partial charge in [-0.15, -0.1) is 0 Å². The third-order valence-corrected chi connectivity index (χ3v) is 12.3. The van der Waals surface area contributed by atoms with Crippen molar-refractivity contribution in [2.45, 2.75) is 147 Å². The number of benzene rings is 2. The normalized spacial score (nSPS) is 32.0. The van der Waals surface area contributed by atoms with Gasteiger partial charge in [-0.25, -0.2) is 14.4 Å². The quantitative estimate of drug-likeness (QED) is 0.137. The molecule has 0 unspecified atom stereocenters. The number of esters is 4. The Bertz CT molecular complexity index is 2030. The predicted octanol–water partition coefficient (Wildman–Crippen LogP) is 4.61.